The Labute approximate surface area is 101 Å². The minimum absolute atomic E-state index is 0.0227. The SMILES string of the molecule is C[C@@H](N)c1cccnc1N(C)Cc1ccoc1. The highest BCUT2D eigenvalue weighted by Gasteiger charge is 2.12. The van der Waals surface area contributed by atoms with E-state index in [1.54, 1.807) is 18.7 Å². The van der Waals surface area contributed by atoms with Gasteiger partial charge in [0.15, 0.2) is 0 Å². The van der Waals surface area contributed by atoms with E-state index in [2.05, 4.69) is 9.88 Å². The molecule has 2 aromatic rings. The molecule has 0 fully saturated rings. The largest absolute Gasteiger partial charge is 0.472 e. The zero-order valence-corrected chi connectivity index (χ0v) is 10.1. The van der Waals surface area contributed by atoms with Gasteiger partial charge in [0.2, 0.25) is 0 Å². The van der Waals surface area contributed by atoms with Crippen LogP contribution >= 0.6 is 0 Å². The third-order valence-corrected chi connectivity index (χ3v) is 2.67. The zero-order valence-electron chi connectivity index (χ0n) is 10.1. The van der Waals surface area contributed by atoms with Gasteiger partial charge in [-0.15, -0.1) is 0 Å². The van der Waals surface area contributed by atoms with E-state index in [9.17, 15) is 0 Å². The first kappa shape index (κ1) is 11.7. The number of pyridine rings is 1. The number of hydrogen-bond acceptors (Lipinski definition) is 4. The molecular formula is C13H17N3O. The number of aromatic nitrogens is 1. The van der Waals surface area contributed by atoms with Crippen molar-refractivity contribution in [1.29, 1.82) is 0 Å². The topological polar surface area (TPSA) is 55.3 Å². The molecule has 2 rings (SSSR count). The van der Waals surface area contributed by atoms with Crippen LogP contribution in [0.15, 0.2) is 41.3 Å². The van der Waals surface area contributed by atoms with Crippen LogP contribution in [0.4, 0.5) is 5.82 Å². The Bertz CT molecular complexity index is 465. The first-order valence-corrected chi connectivity index (χ1v) is 5.61. The average molecular weight is 231 g/mol. The maximum atomic E-state index is 5.94. The number of anilines is 1. The maximum Gasteiger partial charge on any atom is 0.133 e. The van der Waals surface area contributed by atoms with E-state index >= 15 is 0 Å². The predicted octanol–water partition coefficient (Wildman–Crippen LogP) is 2.33. The van der Waals surface area contributed by atoms with Gasteiger partial charge in [0.1, 0.15) is 5.82 Å². The van der Waals surface area contributed by atoms with E-state index in [1.807, 2.05) is 32.2 Å². The van der Waals surface area contributed by atoms with Crippen molar-refractivity contribution in [2.24, 2.45) is 5.73 Å². The van der Waals surface area contributed by atoms with Gasteiger partial charge in [-0.1, -0.05) is 6.07 Å². The van der Waals surface area contributed by atoms with Gasteiger partial charge in [0, 0.05) is 37.0 Å². The zero-order chi connectivity index (χ0) is 12.3. The van der Waals surface area contributed by atoms with Crippen LogP contribution in [0.1, 0.15) is 24.1 Å². The van der Waals surface area contributed by atoms with Gasteiger partial charge in [-0.2, -0.15) is 0 Å². The monoisotopic (exact) mass is 231 g/mol. The summed E-state index contributed by atoms with van der Waals surface area (Å²) in [5, 5.41) is 0. The molecule has 0 aromatic carbocycles. The highest BCUT2D eigenvalue weighted by Crippen LogP contribution is 2.22. The van der Waals surface area contributed by atoms with Crippen molar-refractivity contribution in [2.75, 3.05) is 11.9 Å². The lowest BCUT2D eigenvalue weighted by Gasteiger charge is -2.21. The molecule has 0 unspecified atom stereocenters. The Hall–Kier alpha value is -1.81. The number of hydrogen-bond donors (Lipinski definition) is 1. The van der Waals surface area contributed by atoms with Crippen molar-refractivity contribution < 1.29 is 4.42 Å². The lowest BCUT2D eigenvalue weighted by atomic mass is 10.1. The van der Waals surface area contributed by atoms with Crippen LogP contribution in [0.2, 0.25) is 0 Å². The van der Waals surface area contributed by atoms with Crippen LogP contribution in [0.25, 0.3) is 0 Å². The van der Waals surface area contributed by atoms with Crippen LogP contribution in [-0.2, 0) is 6.54 Å². The quantitative estimate of drug-likeness (QED) is 0.877. The Kier molecular flexibility index (Phi) is 3.44. The Morgan fingerprint density at radius 2 is 2.29 bits per heavy atom. The molecule has 0 bridgehead atoms. The second kappa shape index (κ2) is 5.01. The molecule has 1 atom stereocenters. The van der Waals surface area contributed by atoms with Crippen LogP contribution in [0, 0.1) is 0 Å². The van der Waals surface area contributed by atoms with Gasteiger partial charge in [0.05, 0.1) is 12.5 Å². The fourth-order valence-corrected chi connectivity index (χ4v) is 1.82. The van der Waals surface area contributed by atoms with Crippen LogP contribution in [-0.4, -0.2) is 12.0 Å². The second-order valence-electron chi connectivity index (χ2n) is 4.19. The van der Waals surface area contributed by atoms with E-state index in [-0.39, 0.29) is 6.04 Å². The summed E-state index contributed by atoms with van der Waals surface area (Å²) in [5.41, 5.74) is 8.11. The Morgan fingerprint density at radius 1 is 1.47 bits per heavy atom. The normalized spacial score (nSPS) is 12.4. The molecule has 2 aromatic heterocycles. The van der Waals surface area contributed by atoms with E-state index in [0.717, 1.165) is 23.5 Å². The number of rotatable bonds is 4. The van der Waals surface area contributed by atoms with Gasteiger partial charge < -0.3 is 15.1 Å². The van der Waals surface area contributed by atoms with Gasteiger partial charge in [-0.3, -0.25) is 0 Å². The predicted molar refractivity (Wildman–Crippen MR) is 67.7 cm³/mol. The number of nitrogens with two attached hydrogens (primary N) is 1. The summed E-state index contributed by atoms with van der Waals surface area (Å²) in [6.07, 6.45) is 5.20. The lowest BCUT2D eigenvalue weighted by Crippen LogP contribution is -2.21. The summed E-state index contributed by atoms with van der Waals surface area (Å²) in [4.78, 5) is 6.47. The summed E-state index contributed by atoms with van der Waals surface area (Å²) in [7, 11) is 2.00. The first-order chi connectivity index (χ1) is 8.18. The minimum atomic E-state index is -0.0227. The first-order valence-electron chi connectivity index (χ1n) is 5.61. The van der Waals surface area contributed by atoms with Crippen molar-refractivity contribution in [3.8, 4) is 0 Å². The smallest absolute Gasteiger partial charge is 0.133 e. The molecule has 0 aliphatic rings. The van der Waals surface area contributed by atoms with E-state index in [0.29, 0.717) is 0 Å². The molecule has 90 valence electrons. The summed E-state index contributed by atoms with van der Waals surface area (Å²) in [6, 6.07) is 5.85. The standard InChI is InChI=1S/C13H17N3O/c1-10(14)12-4-3-6-15-13(12)16(2)8-11-5-7-17-9-11/h3-7,9-10H,8,14H2,1-2H3/t10-/m1/s1. The van der Waals surface area contributed by atoms with Gasteiger partial charge in [0.25, 0.3) is 0 Å². The maximum absolute atomic E-state index is 5.94. The van der Waals surface area contributed by atoms with E-state index in [4.69, 9.17) is 10.2 Å². The Morgan fingerprint density at radius 3 is 2.94 bits per heavy atom. The molecule has 0 saturated carbocycles. The van der Waals surface area contributed by atoms with E-state index < -0.39 is 0 Å². The number of furan rings is 1. The van der Waals surface area contributed by atoms with Crippen LogP contribution < -0.4 is 10.6 Å². The Balaban J connectivity index is 2.21. The van der Waals surface area contributed by atoms with Crippen molar-refractivity contribution in [3.63, 3.8) is 0 Å². The molecule has 0 saturated heterocycles. The molecule has 0 radical (unpaired) electrons. The second-order valence-corrected chi connectivity index (χ2v) is 4.19. The third kappa shape index (κ3) is 2.65. The molecule has 2 N–H and O–H groups in total. The molecular weight excluding hydrogens is 214 g/mol. The molecule has 2 heterocycles. The van der Waals surface area contributed by atoms with Crippen molar-refractivity contribution >= 4 is 5.82 Å². The summed E-state index contributed by atoms with van der Waals surface area (Å²) in [6.45, 7) is 2.72. The lowest BCUT2D eigenvalue weighted by molar-refractivity contribution is 0.563. The van der Waals surface area contributed by atoms with Crippen molar-refractivity contribution in [2.45, 2.75) is 19.5 Å². The van der Waals surface area contributed by atoms with Crippen molar-refractivity contribution in [3.05, 3.63) is 48.0 Å². The van der Waals surface area contributed by atoms with Gasteiger partial charge in [-0.25, -0.2) is 4.98 Å². The van der Waals surface area contributed by atoms with E-state index in [1.165, 1.54) is 0 Å². The van der Waals surface area contributed by atoms with Crippen LogP contribution in [0.5, 0.6) is 0 Å². The summed E-state index contributed by atoms with van der Waals surface area (Å²) >= 11 is 0. The molecule has 0 amide bonds. The molecule has 17 heavy (non-hydrogen) atoms. The molecule has 0 aliphatic heterocycles. The summed E-state index contributed by atoms with van der Waals surface area (Å²) < 4.78 is 5.06. The van der Waals surface area contributed by atoms with Crippen molar-refractivity contribution in [1.82, 2.24) is 4.98 Å². The van der Waals surface area contributed by atoms with Gasteiger partial charge in [-0.05, 0) is 19.1 Å². The fourth-order valence-electron chi connectivity index (χ4n) is 1.82. The highest BCUT2D eigenvalue weighted by molar-refractivity contribution is 5.47. The third-order valence-electron chi connectivity index (χ3n) is 2.67. The average Bonchev–Trinajstić information content (AvgIpc) is 2.81. The van der Waals surface area contributed by atoms with Crippen LogP contribution in [0.3, 0.4) is 0 Å². The molecule has 4 heteroatoms. The summed E-state index contributed by atoms with van der Waals surface area (Å²) in [5.74, 6) is 0.920. The fraction of sp³-hybridized carbons (Fsp3) is 0.308. The minimum Gasteiger partial charge on any atom is -0.472 e. The molecule has 4 nitrogen and oxygen atoms in total. The molecule has 0 aliphatic carbocycles. The van der Waals surface area contributed by atoms with Gasteiger partial charge >= 0.3 is 0 Å². The number of nitrogens with zero attached hydrogens (tertiary/aromatic N) is 2. The highest BCUT2D eigenvalue weighted by atomic mass is 16.3. The molecule has 0 spiro atoms.